The van der Waals surface area contributed by atoms with Crippen molar-refractivity contribution in [2.45, 2.75) is 39.2 Å². The van der Waals surface area contributed by atoms with Gasteiger partial charge in [-0.2, -0.15) is 5.10 Å². The van der Waals surface area contributed by atoms with Gasteiger partial charge in [-0.15, -0.1) is 0 Å². The van der Waals surface area contributed by atoms with Crippen molar-refractivity contribution in [2.24, 2.45) is 5.41 Å². The second-order valence-electron chi connectivity index (χ2n) is 5.61. The van der Waals surface area contributed by atoms with Crippen LogP contribution in [0.4, 0.5) is 10.5 Å². The van der Waals surface area contributed by atoms with E-state index in [1.807, 2.05) is 13.8 Å². The minimum Gasteiger partial charge on any atom is -0.276 e. The molecule has 0 unspecified atom stereocenters. The average molecular weight is 276 g/mol. The molecule has 20 heavy (non-hydrogen) atoms. The van der Waals surface area contributed by atoms with Gasteiger partial charge in [-0.3, -0.25) is 19.6 Å². The van der Waals surface area contributed by atoms with Crippen molar-refractivity contribution in [3.8, 4) is 0 Å². The van der Waals surface area contributed by atoms with E-state index in [9.17, 15) is 14.4 Å². The second-order valence-corrected chi connectivity index (χ2v) is 5.61. The number of barbiturate groups is 1. The van der Waals surface area contributed by atoms with E-state index in [-0.39, 0.29) is 6.04 Å². The van der Waals surface area contributed by atoms with Gasteiger partial charge >= 0.3 is 6.03 Å². The van der Waals surface area contributed by atoms with Crippen molar-refractivity contribution in [2.75, 3.05) is 4.90 Å². The third-order valence-corrected chi connectivity index (χ3v) is 4.05. The van der Waals surface area contributed by atoms with E-state index >= 15 is 0 Å². The topological polar surface area (TPSA) is 84.3 Å². The molecule has 7 nitrogen and oxygen atoms in total. The zero-order valence-corrected chi connectivity index (χ0v) is 11.4. The van der Waals surface area contributed by atoms with E-state index in [1.165, 1.54) is 6.20 Å². The number of anilines is 1. The number of urea groups is 1. The molecule has 106 valence electrons. The lowest BCUT2D eigenvalue weighted by molar-refractivity contribution is -0.148. The van der Waals surface area contributed by atoms with Gasteiger partial charge in [0.1, 0.15) is 5.41 Å². The van der Waals surface area contributed by atoms with Crippen molar-refractivity contribution in [3.05, 3.63) is 12.4 Å². The summed E-state index contributed by atoms with van der Waals surface area (Å²) in [5, 5.41) is 6.41. The van der Waals surface area contributed by atoms with E-state index in [4.69, 9.17) is 0 Å². The Bertz CT molecular complexity index is 601. The number of carbonyl (C=O) groups excluding carboxylic acids is 3. The Morgan fingerprint density at radius 1 is 1.30 bits per heavy atom. The van der Waals surface area contributed by atoms with Gasteiger partial charge in [0.2, 0.25) is 5.91 Å². The van der Waals surface area contributed by atoms with Gasteiger partial charge in [0.25, 0.3) is 5.91 Å². The summed E-state index contributed by atoms with van der Waals surface area (Å²) in [5.41, 5.74) is -0.645. The average Bonchev–Trinajstić information content (AvgIpc) is 2.75. The normalized spacial score (nSPS) is 21.4. The first-order chi connectivity index (χ1) is 9.45. The van der Waals surface area contributed by atoms with Gasteiger partial charge in [0.15, 0.2) is 0 Å². The summed E-state index contributed by atoms with van der Waals surface area (Å²) in [6.07, 6.45) is 4.94. The van der Waals surface area contributed by atoms with Gasteiger partial charge in [-0.1, -0.05) is 6.42 Å². The summed E-state index contributed by atoms with van der Waals surface area (Å²) < 4.78 is 1.67. The van der Waals surface area contributed by atoms with Gasteiger partial charge in [0, 0.05) is 12.2 Å². The van der Waals surface area contributed by atoms with Crippen LogP contribution in [-0.2, 0) is 9.59 Å². The van der Waals surface area contributed by atoms with Crippen LogP contribution in [0.25, 0.3) is 0 Å². The molecule has 1 aliphatic carbocycles. The first-order valence-corrected chi connectivity index (χ1v) is 6.70. The van der Waals surface area contributed by atoms with Crippen LogP contribution in [0.5, 0.6) is 0 Å². The SMILES string of the molecule is CC(C)n1cc(N2C(=O)NC(=O)C3(CCC3)C2=O)cn1. The Labute approximate surface area is 115 Å². The van der Waals surface area contributed by atoms with Crippen LogP contribution in [0.15, 0.2) is 12.4 Å². The number of nitrogens with zero attached hydrogens (tertiary/aromatic N) is 3. The third-order valence-electron chi connectivity index (χ3n) is 4.05. The molecule has 1 aromatic rings. The number of rotatable bonds is 2. The van der Waals surface area contributed by atoms with Gasteiger partial charge in [-0.05, 0) is 26.7 Å². The highest BCUT2D eigenvalue weighted by Gasteiger charge is 2.57. The van der Waals surface area contributed by atoms with E-state index in [0.717, 1.165) is 11.3 Å². The van der Waals surface area contributed by atoms with E-state index in [1.54, 1.807) is 10.9 Å². The summed E-state index contributed by atoms with van der Waals surface area (Å²) in [6, 6.07) is -0.563. The number of imide groups is 2. The predicted octanol–water partition coefficient (Wildman–Crippen LogP) is 1.22. The molecule has 2 heterocycles. The van der Waals surface area contributed by atoms with E-state index < -0.39 is 23.3 Å². The van der Waals surface area contributed by atoms with Crippen molar-refractivity contribution in [1.82, 2.24) is 15.1 Å². The zero-order valence-electron chi connectivity index (χ0n) is 11.4. The summed E-state index contributed by atoms with van der Waals surface area (Å²) >= 11 is 0. The molecule has 0 atom stereocenters. The maximum absolute atomic E-state index is 12.5. The second kappa shape index (κ2) is 4.16. The van der Waals surface area contributed by atoms with E-state index in [2.05, 4.69) is 10.4 Å². The van der Waals surface area contributed by atoms with Crippen LogP contribution in [0.1, 0.15) is 39.2 Å². The number of aromatic nitrogens is 2. The van der Waals surface area contributed by atoms with Crippen LogP contribution in [0.3, 0.4) is 0 Å². The Morgan fingerprint density at radius 3 is 2.50 bits per heavy atom. The number of carbonyl (C=O) groups is 3. The fraction of sp³-hybridized carbons (Fsp3) is 0.538. The molecule has 1 saturated heterocycles. The van der Waals surface area contributed by atoms with Gasteiger partial charge in [0.05, 0.1) is 11.9 Å². The lowest BCUT2D eigenvalue weighted by atomic mass is 9.66. The Morgan fingerprint density at radius 2 is 2.00 bits per heavy atom. The first kappa shape index (κ1) is 12.8. The maximum atomic E-state index is 12.5. The molecule has 0 radical (unpaired) electrons. The molecule has 1 aliphatic heterocycles. The highest BCUT2D eigenvalue weighted by molar-refractivity contribution is 6.30. The fourth-order valence-electron chi connectivity index (χ4n) is 2.61. The molecule has 2 aliphatic rings. The number of amides is 4. The quantitative estimate of drug-likeness (QED) is 0.823. The van der Waals surface area contributed by atoms with Gasteiger partial charge in [-0.25, -0.2) is 9.69 Å². The predicted molar refractivity (Wildman–Crippen MR) is 69.9 cm³/mol. The molecule has 0 aromatic carbocycles. The van der Waals surface area contributed by atoms with Crippen molar-refractivity contribution < 1.29 is 14.4 Å². The van der Waals surface area contributed by atoms with Crippen LogP contribution in [-0.4, -0.2) is 27.6 Å². The minimum atomic E-state index is -1.05. The third kappa shape index (κ3) is 1.59. The van der Waals surface area contributed by atoms with Crippen LogP contribution >= 0.6 is 0 Å². The molecular formula is C13H16N4O3. The molecule has 1 aromatic heterocycles. The maximum Gasteiger partial charge on any atom is 0.335 e. The Balaban J connectivity index is 1.96. The molecule has 3 rings (SSSR count). The van der Waals surface area contributed by atoms with Crippen LogP contribution in [0, 0.1) is 5.41 Å². The summed E-state index contributed by atoms with van der Waals surface area (Å²) in [6.45, 7) is 3.90. The molecule has 2 fully saturated rings. The zero-order chi connectivity index (χ0) is 14.5. The molecule has 7 heteroatoms. The lowest BCUT2D eigenvalue weighted by Crippen LogP contribution is -2.66. The molecule has 0 bridgehead atoms. The standard InChI is InChI=1S/C13H16N4O3/c1-8(2)16-7-9(6-14-16)17-11(19)13(4-3-5-13)10(18)15-12(17)20/h6-8H,3-5H2,1-2H3,(H,15,18,20). The van der Waals surface area contributed by atoms with Crippen molar-refractivity contribution >= 4 is 23.5 Å². The molecule has 1 N–H and O–H groups in total. The summed E-state index contributed by atoms with van der Waals surface area (Å²) in [4.78, 5) is 37.4. The lowest BCUT2D eigenvalue weighted by Gasteiger charge is -2.44. The number of nitrogens with one attached hydrogen (secondary N) is 1. The van der Waals surface area contributed by atoms with Crippen molar-refractivity contribution in [3.63, 3.8) is 0 Å². The van der Waals surface area contributed by atoms with Crippen LogP contribution < -0.4 is 10.2 Å². The van der Waals surface area contributed by atoms with E-state index in [0.29, 0.717) is 18.5 Å². The first-order valence-electron chi connectivity index (χ1n) is 6.70. The van der Waals surface area contributed by atoms with Gasteiger partial charge < -0.3 is 0 Å². The number of hydrogen-bond donors (Lipinski definition) is 1. The van der Waals surface area contributed by atoms with Crippen molar-refractivity contribution in [1.29, 1.82) is 0 Å². The Kier molecular flexibility index (Phi) is 2.67. The fourth-order valence-corrected chi connectivity index (χ4v) is 2.61. The molecular weight excluding hydrogens is 260 g/mol. The largest absolute Gasteiger partial charge is 0.335 e. The highest BCUT2D eigenvalue weighted by Crippen LogP contribution is 2.45. The smallest absolute Gasteiger partial charge is 0.276 e. The monoisotopic (exact) mass is 276 g/mol. The highest BCUT2D eigenvalue weighted by atomic mass is 16.2. The summed E-state index contributed by atoms with van der Waals surface area (Å²) in [7, 11) is 0. The minimum absolute atomic E-state index is 0.131. The Hall–Kier alpha value is -2.18. The van der Waals surface area contributed by atoms with Crippen LogP contribution in [0.2, 0.25) is 0 Å². The molecule has 1 saturated carbocycles. The summed E-state index contributed by atoms with van der Waals surface area (Å²) in [5.74, 6) is -0.896. The molecule has 4 amide bonds. The number of hydrogen-bond acceptors (Lipinski definition) is 4. The molecule has 1 spiro atoms.